The van der Waals surface area contributed by atoms with Crippen LogP contribution in [0.3, 0.4) is 0 Å². The Bertz CT molecular complexity index is 1330. The van der Waals surface area contributed by atoms with E-state index < -0.39 is 56.6 Å². The molecule has 1 unspecified atom stereocenters. The van der Waals surface area contributed by atoms with E-state index >= 15 is 0 Å². The van der Waals surface area contributed by atoms with Gasteiger partial charge in [-0.3, -0.25) is 14.4 Å². The molecular formula is C23H28F6N6O4S. The quantitative estimate of drug-likeness (QED) is 0.509. The molecule has 0 spiro atoms. The molecule has 10 nitrogen and oxygen atoms in total. The van der Waals surface area contributed by atoms with Gasteiger partial charge in [-0.05, 0) is 38.0 Å². The number of nitrogens with zero attached hydrogens (tertiary/aromatic N) is 5. The average Bonchev–Trinajstić information content (AvgIpc) is 3.35. The molecule has 1 atom stereocenters. The van der Waals surface area contributed by atoms with Crippen LogP contribution in [-0.4, -0.2) is 89.5 Å². The second-order valence-corrected chi connectivity index (χ2v) is 11.7. The summed E-state index contributed by atoms with van der Waals surface area (Å²) in [6, 6.07) is 0.145. The van der Waals surface area contributed by atoms with E-state index in [9.17, 15) is 39.6 Å². The molecule has 222 valence electrons. The van der Waals surface area contributed by atoms with Crippen molar-refractivity contribution < 1.29 is 44.3 Å². The fourth-order valence-corrected chi connectivity index (χ4v) is 6.59. The molecule has 0 saturated carbocycles. The number of sulfonamides is 1. The number of alkyl halides is 6. The predicted octanol–water partition coefficient (Wildman–Crippen LogP) is 2.53. The summed E-state index contributed by atoms with van der Waals surface area (Å²) in [6.07, 6.45) is -8.14. The van der Waals surface area contributed by atoms with E-state index in [1.54, 1.807) is 6.92 Å². The van der Waals surface area contributed by atoms with Crippen LogP contribution in [0.4, 0.5) is 26.3 Å². The molecule has 0 radical (unpaired) electrons. The van der Waals surface area contributed by atoms with Gasteiger partial charge < -0.3 is 10.1 Å². The van der Waals surface area contributed by atoms with Crippen molar-refractivity contribution in [2.24, 2.45) is 7.05 Å². The third-order valence-electron chi connectivity index (χ3n) is 7.46. The van der Waals surface area contributed by atoms with Crippen LogP contribution < -0.4 is 5.32 Å². The van der Waals surface area contributed by atoms with Crippen molar-refractivity contribution in [3.8, 4) is 0 Å². The number of hydrogen-bond donors (Lipinski definition) is 1. The Morgan fingerprint density at radius 3 is 2.20 bits per heavy atom. The topological polar surface area (TPSA) is 110 Å². The number of nitrogens with one attached hydrogen (secondary N) is 1. The minimum atomic E-state index is -5.20. The first kappa shape index (κ1) is 30.2. The lowest BCUT2D eigenvalue weighted by molar-refractivity contribution is -0.143. The highest BCUT2D eigenvalue weighted by Gasteiger charge is 2.47. The summed E-state index contributed by atoms with van der Waals surface area (Å²) in [5, 5.41) is 9.72. The summed E-state index contributed by atoms with van der Waals surface area (Å²) >= 11 is 0. The summed E-state index contributed by atoms with van der Waals surface area (Å²) < 4.78 is 114. The number of carbonyl (C=O) groups is 1. The number of halogens is 6. The Hall–Kier alpha value is -2.76. The number of amides is 1. The molecule has 0 bridgehead atoms. The molecule has 3 heterocycles. The number of hydrogen-bond acceptors (Lipinski definition) is 7. The first-order valence-corrected chi connectivity index (χ1v) is 13.8. The molecule has 17 heteroatoms. The maximum absolute atomic E-state index is 13.7. The molecular weight excluding hydrogens is 570 g/mol. The van der Waals surface area contributed by atoms with E-state index in [0.29, 0.717) is 38.2 Å². The Morgan fingerprint density at radius 1 is 1.05 bits per heavy atom. The lowest BCUT2D eigenvalue weighted by atomic mass is 9.80. The van der Waals surface area contributed by atoms with Crippen molar-refractivity contribution in [2.75, 3.05) is 39.4 Å². The van der Waals surface area contributed by atoms with Gasteiger partial charge in [0.2, 0.25) is 5.03 Å². The third kappa shape index (κ3) is 5.96. The number of piperazine rings is 1. The third-order valence-corrected chi connectivity index (χ3v) is 9.22. The van der Waals surface area contributed by atoms with Gasteiger partial charge >= 0.3 is 12.4 Å². The molecule has 1 N–H and O–H groups in total. The van der Waals surface area contributed by atoms with Crippen LogP contribution in [0.25, 0.3) is 0 Å². The number of carbonyl (C=O) groups excluding carboxylic acids is 1. The molecule has 0 aliphatic carbocycles. The van der Waals surface area contributed by atoms with Crippen molar-refractivity contribution in [1.29, 1.82) is 0 Å². The highest BCUT2D eigenvalue weighted by atomic mass is 32.2. The van der Waals surface area contributed by atoms with Gasteiger partial charge in [0.25, 0.3) is 15.9 Å². The fourth-order valence-electron chi connectivity index (χ4n) is 5.26. The molecule has 2 aliphatic rings. The number of benzene rings is 1. The van der Waals surface area contributed by atoms with Gasteiger partial charge in [0.15, 0.2) is 0 Å². The van der Waals surface area contributed by atoms with Crippen molar-refractivity contribution in [3.63, 3.8) is 0 Å². The molecule has 1 aromatic carbocycles. The van der Waals surface area contributed by atoms with Crippen LogP contribution in [0, 0.1) is 0 Å². The van der Waals surface area contributed by atoms with Crippen molar-refractivity contribution in [3.05, 3.63) is 41.1 Å². The normalized spacial score (nSPS) is 20.3. The van der Waals surface area contributed by atoms with E-state index in [1.807, 2.05) is 4.90 Å². The summed E-state index contributed by atoms with van der Waals surface area (Å²) in [7, 11) is -2.35. The van der Waals surface area contributed by atoms with E-state index in [1.165, 1.54) is 22.2 Å². The molecule has 40 heavy (non-hydrogen) atoms. The summed E-state index contributed by atoms with van der Waals surface area (Å²) in [5.41, 5.74) is -4.91. The standard InChI is InChI=1S/C23H28F6N6O4S/c1-15(30-20(36)17-4-3-16(22(24,25)26)13-18(17)23(27,28)29)21(5-11-39-12-6-21)34-7-9-35(10-8-34)40(37,38)19-14-33(2)32-31-19/h3-4,13-15H,5-12H2,1-2H3,(H,30,36). The first-order chi connectivity index (χ1) is 18.6. The minimum Gasteiger partial charge on any atom is -0.381 e. The van der Waals surface area contributed by atoms with Gasteiger partial charge in [-0.15, -0.1) is 5.10 Å². The average molecular weight is 599 g/mol. The van der Waals surface area contributed by atoms with Crippen LogP contribution in [0.2, 0.25) is 0 Å². The molecule has 2 aromatic rings. The predicted molar refractivity (Wildman–Crippen MR) is 127 cm³/mol. The first-order valence-electron chi connectivity index (χ1n) is 12.3. The zero-order valence-corrected chi connectivity index (χ0v) is 22.4. The van der Waals surface area contributed by atoms with Crippen molar-refractivity contribution in [2.45, 2.75) is 48.7 Å². The number of aromatic nitrogens is 3. The Balaban J connectivity index is 1.54. The van der Waals surface area contributed by atoms with Gasteiger partial charge in [0.05, 0.1) is 22.9 Å². The lowest BCUT2D eigenvalue weighted by Gasteiger charge is -2.52. The van der Waals surface area contributed by atoms with Crippen LogP contribution in [0.1, 0.15) is 41.3 Å². The van der Waals surface area contributed by atoms with E-state index in [4.69, 9.17) is 4.74 Å². The Morgan fingerprint density at radius 2 is 1.68 bits per heavy atom. The zero-order valence-electron chi connectivity index (χ0n) is 21.6. The van der Waals surface area contributed by atoms with Gasteiger partial charge in [-0.1, -0.05) is 5.21 Å². The Kier molecular flexibility index (Phi) is 8.23. The second-order valence-electron chi connectivity index (χ2n) is 9.79. The molecule has 2 fully saturated rings. The maximum atomic E-state index is 13.7. The van der Waals surface area contributed by atoms with E-state index in [-0.39, 0.29) is 37.3 Å². The van der Waals surface area contributed by atoms with E-state index in [0.717, 1.165) is 0 Å². The van der Waals surface area contributed by atoms with Gasteiger partial charge in [0, 0.05) is 58.0 Å². The molecule has 1 amide bonds. The Labute approximate surface area is 226 Å². The van der Waals surface area contributed by atoms with Crippen LogP contribution in [-0.2, 0) is 34.2 Å². The van der Waals surface area contributed by atoms with E-state index in [2.05, 4.69) is 15.6 Å². The van der Waals surface area contributed by atoms with Gasteiger partial charge in [-0.25, -0.2) is 8.42 Å². The zero-order chi connectivity index (χ0) is 29.5. The van der Waals surface area contributed by atoms with Gasteiger partial charge in [-0.2, -0.15) is 30.6 Å². The summed E-state index contributed by atoms with van der Waals surface area (Å²) in [4.78, 5) is 15.0. The van der Waals surface area contributed by atoms with Gasteiger partial charge in [0.1, 0.15) is 0 Å². The molecule has 4 rings (SSSR count). The highest BCUT2D eigenvalue weighted by Crippen LogP contribution is 2.38. The number of rotatable bonds is 6. The summed E-state index contributed by atoms with van der Waals surface area (Å²) in [6.45, 7) is 2.92. The smallest absolute Gasteiger partial charge is 0.381 e. The molecule has 2 saturated heterocycles. The fraction of sp³-hybridized carbons (Fsp3) is 0.609. The minimum absolute atomic E-state index is 0.0689. The largest absolute Gasteiger partial charge is 0.417 e. The maximum Gasteiger partial charge on any atom is 0.417 e. The second kappa shape index (κ2) is 10.9. The molecule has 2 aliphatic heterocycles. The summed E-state index contributed by atoms with van der Waals surface area (Å²) in [5.74, 6) is -1.16. The highest BCUT2D eigenvalue weighted by molar-refractivity contribution is 7.89. The SMILES string of the molecule is CC(NC(=O)c1ccc(C(F)(F)F)cc1C(F)(F)F)C1(N2CCN(S(=O)(=O)c3cn(C)nn3)CC2)CCOCC1. The number of ether oxygens (including phenoxy) is 1. The van der Waals surface area contributed by atoms with Crippen LogP contribution >= 0.6 is 0 Å². The van der Waals surface area contributed by atoms with Crippen LogP contribution in [0.5, 0.6) is 0 Å². The van der Waals surface area contributed by atoms with Crippen LogP contribution in [0.15, 0.2) is 29.4 Å². The monoisotopic (exact) mass is 598 g/mol. The number of aryl methyl sites for hydroxylation is 1. The van der Waals surface area contributed by atoms with Crippen molar-refractivity contribution in [1.82, 2.24) is 29.5 Å². The molecule has 1 aromatic heterocycles. The lowest BCUT2D eigenvalue weighted by Crippen LogP contribution is -2.67. The van der Waals surface area contributed by atoms with Crippen molar-refractivity contribution >= 4 is 15.9 Å².